The summed E-state index contributed by atoms with van der Waals surface area (Å²) in [5.74, 6) is -8.81. The molecule has 2 N–H and O–H groups in total. The number of ketones is 2. The van der Waals surface area contributed by atoms with Crippen molar-refractivity contribution in [1.82, 2.24) is 0 Å². The van der Waals surface area contributed by atoms with Crippen LogP contribution in [0.4, 0.5) is 0 Å². The van der Waals surface area contributed by atoms with Gasteiger partial charge in [0.1, 0.15) is 0 Å². The van der Waals surface area contributed by atoms with Gasteiger partial charge in [-0.3, -0.25) is 9.59 Å². The van der Waals surface area contributed by atoms with Crippen LogP contribution in [-0.4, -0.2) is 44.9 Å². The molecule has 0 radical (unpaired) electrons. The number of benzene rings is 2. The zero-order chi connectivity index (χ0) is 19.5. The van der Waals surface area contributed by atoms with E-state index in [1.165, 1.54) is 36.4 Å². The fraction of sp³-hybridized carbons (Fsp3) is 0.111. The molecule has 134 valence electrons. The van der Waals surface area contributed by atoms with E-state index in [4.69, 9.17) is 0 Å². The first kappa shape index (κ1) is 27.9. The van der Waals surface area contributed by atoms with Crippen molar-refractivity contribution in [3.63, 3.8) is 0 Å². The number of carboxylic acid groups (broad SMARTS) is 2. The summed E-state index contributed by atoms with van der Waals surface area (Å²) in [4.78, 5) is 48.1. The third-order valence-corrected chi connectivity index (χ3v) is 3.84. The van der Waals surface area contributed by atoms with Gasteiger partial charge in [-0.25, -0.2) is 0 Å². The van der Waals surface area contributed by atoms with Gasteiger partial charge in [-0.1, -0.05) is 60.7 Å². The van der Waals surface area contributed by atoms with E-state index in [1.807, 2.05) is 0 Å². The van der Waals surface area contributed by atoms with Gasteiger partial charge in [0.15, 0.2) is 0 Å². The Hall–Kier alpha value is -0.0873. The second-order valence-electron chi connectivity index (χ2n) is 5.39. The summed E-state index contributed by atoms with van der Waals surface area (Å²) in [6.45, 7) is 0. The van der Waals surface area contributed by atoms with Crippen molar-refractivity contribution < 1.29 is 142 Å². The summed E-state index contributed by atoms with van der Waals surface area (Å²) in [5.41, 5.74) is -9.17. The Labute approximate surface area is 244 Å². The Morgan fingerprint density at radius 3 is 1.07 bits per heavy atom. The molecule has 2 aromatic rings. The Morgan fingerprint density at radius 1 is 0.607 bits per heavy atom. The molecule has 0 aliphatic carbocycles. The molecule has 0 amide bonds. The first-order valence-electron chi connectivity index (χ1n) is 7.24. The number of hydrogen-bond donors (Lipinski definition) is 2. The van der Waals surface area contributed by atoms with Gasteiger partial charge >= 0.3 is 103 Å². The average Bonchev–Trinajstić information content (AvgIpc) is 2.66. The molecule has 0 saturated carbocycles. The summed E-state index contributed by atoms with van der Waals surface area (Å²) >= 11 is 0. The first-order valence-corrected chi connectivity index (χ1v) is 7.24. The maximum Gasteiger partial charge on any atom is 1.00 e. The van der Waals surface area contributed by atoms with Crippen LogP contribution < -0.4 is 113 Å². The van der Waals surface area contributed by atoms with Crippen LogP contribution in [-0.2, 0) is 9.59 Å². The number of carbonyl (C=O) groups excluding carboxylic acids is 4. The first-order chi connectivity index (χ1) is 12.2. The Bertz CT molecular complexity index is 798. The van der Waals surface area contributed by atoms with E-state index in [0.29, 0.717) is 0 Å². The second kappa shape index (κ2) is 11.3. The van der Waals surface area contributed by atoms with Crippen LogP contribution in [0.15, 0.2) is 60.7 Å². The standard InChI is InChI=1S/C18H14O8.2K/c19-13(11-7-3-1-4-8-11)17(25,15(21)22)18(26,16(23)24)14(20)12-9-5-2-6-10-12;;/h1-10,25-26H,(H,21,22)(H,23,24);;/q;2*+1/p-2/t17-,18-;;/m0../s1. The van der Waals surface area contributed by atoms with Gasteiger partial charge in [-0.05, 0) is 0 Å². The zero-order valence-corrected chi connectivity index (χ0v) is 21.4. The van der Waals surface area contributed by atoms with Gasteiger partial charge in [0.05, 0.1) is 11.9 Å². The summed E-state index contributed by atoms with van der Waals surface area (Å²) in [6.07, 6.45) is 0. The zero-order valence-electron chi connectivity index (χ0n) is 15.1. The molecule has 0 heterocycles. The van der Waals surface area contributed by atoms with Gasteiger partial charge < -0.3 is 30.0 Å². The second-order valence-corrected chi connectivity index (χ2v) is 5.39. The molecule has 0 fully saturated rings. The molecule has 0 spiro atoms. The molecular formula is C18H12K2O8. The van der Waals surface area contributed by atoms with Crippen molar-refractivity contribution in [1.29, 1.82) is 0 Å². The molecule has 2 aromatic carbocycles. The fourth-order valence-electron chi connectivity index (χ4n) is 2.41. The maximum absolute atomic E-state index is 12.5. The number of hydrogen-bond acceptors (Lipinski definition) is 8. The molecule has 0 unspecified atom stereocenters. The third kappa shape index (κ3) is 4.97. The Balaban J connectivity index is 0.00000364. The van der Waals surface area contributed by atoms with E-state index in [0.717, 1.165) is 24.3 Å². The van der Waals surface area contributed by atoms with E-state index in [1.54, 1.807) is 0 Å². The molecule has 0 bridgehead atoms. The Morgan fingerprint density at radius 2 is 0.857 bits per heavy atom. The van der Waals surface area contributed by atoms with E-state index in [-0.39, 0.29) is 103 Å². The van der Waals surface area contributed by atoms with Crippen LogP contribution >= 0.6 is 0 Å². The van der Waals surface area contributed by atoms with E-state index in [9.17, 15) is 39.6 Å². The van der Waals surface area contributed by atoms with Gasteiger partial charge in [0.2, 0.25) is 22.8 Å². The predicted octanol–water partition coefficient (Wildman–Crippen LogP) is -8.28. The molecule has 28 heavy (non-hydrogen) atoms. The van der Waals surface area contributed by atoms with Crippen LogP contribution in [0.25, 0.3) is 0 Å². The smallest absolute Gasteiger partial charge is 0.546 e. The van der Waals surface area contributed by atoms with E-state index in [2.05, 4.69) is 0 Å². The molecule has 0 aromatic heterocycles. The maximum atomic E-state index is 12.5. The number of carbonyl (C=O) groups is 4. The summed E-state index contributed by atoms with van der Waals surface area (Å²) in [5, 5.41) is 43.9. The minimum atomic E-state index is -4.12. The molecule has 8 nitrogen and oxygen atoms in total. The van der Waals surface area contributed by atoms with Crippen LogP contribution in [0, 0.1) is 0 Å². The number of Topliss-reactive ketones (excluding diaryl/α,β-unsaturated/α-hetero) is 2. The minimum Gasteiger partial charge on any atom is -0.546 e. The van der Waals surface area contributed by atoms with Crippen LogP contribution in [0.2, 0.25) is 0 Å². The average molecular weight is 434 g/mol. The normalized spacial score (nSPS) is 14.2. The van der Waals surface area contributed by atoms with Gasteiger partial charge in [-0.15, -0.1) is 0 Å². The predicted molar refractivity (Wildman–Crippen MR) is 81.5 cm³/mol. The van der Waals surface area contributed by atoms with Gasteiger partial charge in [0, 0.05) is 11.1 Å². The Kier molecular flexibility index (Phi) is 11.3. The topological polar surface area (TPSA) is 155 Å². The summed E-state index contributed by atoms with van der Waals surface area (Å²) < 4.78 is 0. The number of carboxylic acids is 2. The monoisotopic (exact) mass is 434 g/mol. The van der Waals surface area contributed by atoms with E-state index < -0.39 is 45.8 Å². The van der Waals surface area contributed by atoms with E-state index >= 15 is 0 Å². The van der Waals surface area contributed by atoms with Crippen molar-refractivity contribution in [2.45, 2.75) is 11.2 Å². The molecule has 2 atom stereocenters. The largest absolute Gasteiger partial charge is 1.00 e. The number of aliphatic carboxylic acids is 2. The van der Waals surface area contributed by atoms with Crippen molar-refractivity contribution in [2.24, 2.45) is 0 Å². The molecule has 0 saturated heterocycles. The third-order valence-electron chi connectivity index (χ3n) is 3.84. The van der Waals surface area contributed by atoms with Gasteiger partial charge in [0.25, 0.3) is 0 Å². The van der Waals surface area contributed by atoms with Crippen molar-refractivity contribution >= 4 is 23.5 Å². The van der Waals surface area contributed by atoms with Crippen LogP contribution in [0.1, 0.15) is 20.7 Å². The number of aliphatic hydroxyl groups is 2. The van der Waals surface area contributed by atoms with Crippen molar-refractivity contribution in [2.75, 3.05) is 0 Å². The van der Waals surface area contributed by atoms with Crippen LogP contribution in [0.3, 0.4) is 0 Å². The quantitative estimate of drug-likeness (QED) is 0.247. The molecule has 0 aliphatic rings. The molecule has 0 aliphatic heterocycles. The van der Waals surface area contributed by atoms with Crippen molar-refractivity contribution in [3.8, 4) is 0 Å². The summed E-state index contributed by atoms with van der Waals surface area (Å²) in [7, 11) is 0. The van der Waals surface area contributed by atoms with Gasteiger partial charge in [-0.2, -0.15) is 0 Å². The van der Waals surface area contributed by atoms with Crippen molar-refractivity contribution in [3.05, 3.63) is 71.8 Å². The fourth-order valence-corrected chi connectivity index (χ4v) is 2.41. The summed E-state index contributed by atoms with van der Waals surface area (Å²) in [6, 6.07) is 12.4. The van der Waals surface area contributed by atoms with Crippen LogP contribution in [0.5, 0.6) is 0 Å². The SMILES string of the molecule is O=C([O-])[C@@](O)(C(=O)c1ccccc1)[C@@](O)(C(=O)[O-])C(=O)c1ccccc1.[K+].[K+]. The molecule has 10 heteroatoms. The minimum absolute atomic E-state index is 0. The molecular weight excluding hydrogens is 422 g/mol. The molecule has 2 rings (SSSR count). The number of rotatable bonds is 7.